The fourth-order valence-electron chi connectivity index (χ4n) is 2.20. The highest BCUT2D eigenvalue weighted by Gasteiger charge is 2.11. The van der Waals surface area contributed by atoms with Gasteiger partial charge in [-0.15, -0.1) is 11.3 Å². The largest absolute Gasteiger partial charge is 0.497 e. The van der Waals surface area contributed by atoms with Crippen LogP contribution in [0.25, 0.3) is 21.0 Å². The highest BCUT2D eigenvalue weighted by molar-refractivity contribution is 7.18. The van der Waals surface area contributed by atoms with Gasteiger partial charge in [-0.1, -0.05) is 12.1 Å². The Bertz CT molecular complexity index is 763. The van der Waals surface area contributed by atoms with Gasteiger partial charge in [0.05, 0.1) is 17.7 Å². The van der Waals surface area contributed by atoms with E-state index >= 15 is 0 Å². The van der Waals surface area contributed by atoms with Crippen molar-refractivity contribution in [1.82, 2.24) is 4.98 Å². The van der Waals surface area contributed by atoms with Gasteiger partial charge in [-0.25, -0.2) is 4.98 Å². The molecular formula is C17H16N2OS. The van der Waals surface area contributed by atoms with Crippen LogP contribution in [0.3, 0.4) is 0 Å². The summed E-state index contributed by atoms with van der Waals surface area (Å²) < 4.78 is 5.20. The number of thiazole rings is 1. The molecule has 0 bridgehead atoms. The lowest BCUT2D eigenvalue weighted by atomic mass is 10.1. The summed E-state index contributed by atoms with van der Waals surface area (Å²) in [6, 6.07) is 15.9. The van der Waals surface area contributed by atoms with E-state index < -0.39 is 0 Å². The molecule has 0 saturated heterocycles. The molecule has 0 aliphatic heterocycles. The summed E-state index contributed by atoms with van der Waals surface area (Å²) in [5, 5.41) is 0.991. The lowest BCUT2D eigenvalue weighted by molar-refractivity contribution is 0.415. The molecule has 0 unspecified atom stereocenters. The molecule has 106 valence electrons. The summed E-state index contributed by atoms with van der Waals surface area (Å²) in [5.74, 6) is 0.858. The van der Waals surface area contributed by atoms with Crippen molar-refractivity contribution in [2.45, 2.75) is 6.92 Å². The van der Waals surface area contributed by atoms with E-state index in [1.54, 1.807) is 18.4 Å². The second-order valence-electron chi connectivity index (χ2n) is 4.79. The number of benzene rings is 2. The number of ether oxygens (including phenoxy) is 1. The van der Waals surface area contributed by atoms with E-state index in [0.29, 0.717) is 0 Å². The maximum absolute atomic E-state index is 5.85. The number of rotatable bonds is 3. The predicted octanol–water partition coefficient (Wildman–Crippen LogP) is 4.38. The number of hydrogen-bond donors (Lipinski definition) is 1. The molecule has 0 saturated carbocycles. The van der Waals surface area contributed by atoms with Crippen LogP contribution in [-0.4, -0.2) is 12.1 Å². The average molecular weight is 296 g/mol. The van der Waals surface area contributed by atoms with Gasteiger partial charge in [0.15, 0.2) is 0 Å². The van der Waals surface area contributed by atoms with E-state index in [4.69, 9.17) is 10.5 Å². The molecule has 0 amide bonds. The van der Waals surface area contributed by atoms with Gasteiger partial charge in [0.1, 0.15) is 10.8 Å². The third kappa shape index (κ3) is 2.76. The fourth-order valence-corrected chi connectivity index (χ4v) is 3.27. The van der Waals surface area contributed by atoms with E-state index in [1.165, 1.54) is 4.88 Å². The summed E-state index contributed by atoms with van der Waals surface area (Å²) in [4.78, 5) is 5.85. The lowest BCUT2D eigenvalue weighted by Gasteiger charge is -2.01. The minimum atomic E-state index is 0.756. The van der Waals surface area contributed by atoms with Crippen molar-refractivity contribution in [3.63, 3.8) is 0 Å². The number of nitrogens with zero attached hydrogens (tertiary/aromatic N) is 1. The number of methoxy groups -OCH3 is 1. The molecule has 2 aromatic carbocycles. The Balaban J connectivity index is 2.01. The van der Waals surface area contributed by atoms with Crippen molar-refractivity contribution in [2.75, 3.05) is 12.8 Å². The summed E-state index contributed by atoms with van der Waals surface area (Å²) in [6.07, 6.45) is 0. The first-order chi connectivity index (χ1) is 10.2. The maximum Gasteiger partial charge on any atom is 0.124 e. The first-order valence-electron chi connectivity index (χ1n) is 6.65. The minimum absolute atomic E-state index is 0.756. The van der Waals surface area contributed by atoms with Gasteiger partial charge in [-0.2, -0.15) is 0 Å². The summed E-state index contributed by atoms with van der Waals surface area (Å²) in [6.45, 7) is 2.03. The molecule has 0 radical (unpaired) electrons. The van der Waals surface area contributed by atoms with Gasteiger partial charge in [0.2, 0.25) is 0 Å². The van der Waals surface area contributed by atoms with Crippen LogP contribution in [0.15, 0.2) is 48.5 Å². The molecule has 0 atom stereocenters. The molecule has 3 rings (SSSR count). The van der Waals surface area contributed by atoms with Gasteiger partial charge in [0.25, 0.3) is 0 Å². The molecule has 2 N–H and O–H groups in total. The summed E-state index contributed by atoms with van der Waals surface area (Å²) in [7, 11) is 1.67. The first kappa shape index (κ1) is 13.6. The Morgan fingerprint density at radius 2 is 1.81 bits per heavy atom. The van der Waals surface area contributed by atoms with Crippen molar-refractivity contribution in [3.8, 4) is 26.8 Å². The Kier molecular flexibility index (Phi) is 3.62. The zero-order valence-electron chi connectivity index (χ0n) is 12.0. The maximum atomic E-state index is 5.85. The molecule has 0 spiro atoms. The van der Waals surface area contributed by atoms with Gasteiger partial charge in [-0.3, -0.25) is 0 Å². The molecule has 21 heavy (non-hydrogen) atoms. The fraction of sp³-hybridized carbons (Fsp3) is 0.118. The van der Waals surface area contributed by atoms with Gasteiger partial charge < -0.3 is 10.5 Å². The van der Waals surface area contributed by atoms with Crippen LogP contribution in [-0.2, 0) is 0 Å². The monoisotopic (exact) mass is 296 g/mol. The Morgan fingerprint density at radius 1 is 1.05 bits per heavy atom. The normalized spacial score (nSPS) is 10.6. The van der Waals surface area contributed by atoms with Crippen LogP contribution in [0.5, 0.6) is 5.75 Å². The van der Waals surface area contributed by atoms with Crippen LogP contribution in [0.2, 0.25) is 0 Å². The lowest BCUT2D eigenvalue weighted by Crippen LogP contribution is -1.84. The minimum Gasteiger partial charge on any atom is -0.497 e. The van der Waals surface area contributed by atoms with Crippen LogP contribution in [0.4, 0.5) is 5.69 Å². The average Bonchev–Trinajstić information content (AvgIpc) is 2.89. The summed E-state index contributed by atoms with van der Waals surface area (Å²) in [5.41, 5.74) is 9.84. The smallest absolute Gasteiger partial charge is 0.124 e. The number of aryl methyl sites for hydroxylation is 1. The Hall–Kier alpha value is -2.33. The van der Waals surface area contributed by atoms with Gasteiger partial charge in [-0.05, 0) is 48.9 Å². The predicted molar refractivity (Wildman–Crippen MR) is 88.7 cm³/mol. The number of anilines is 1. The van der Waals surface area contributed by atoms with Crippen molar-refractivity contribution in [2.24, 2.45) is 0 Å². The van der Waals surface area contributed by atoms with Crippen molar-refractivity contribution in [3.05, 3.63) is 54.2 Å². The summed E-state index contributed by atoms with van der Waals surface area (Å²) >= 11 is 1.68. The second-order valence-corrected chi connectivity index (χ2v) is 5.79. The number of aromatic nitrogens is 1. The second kappa shape index (κ2) is 5.58. The highest BCUT2D eigenvalue weighted by atomic mass is 32.1. The van der Waals surface area contributed by atoms with Crippen molar-refractivity contribution in [1.29, 1.82) is 0 Å². The molecular weight excluding hydrogens is 280 g/mol. The van der Waals surface area contributed by atoms with E-state index in [1.807, 2.05) is 43.3 Å². The quantitative estimate of drug-likeness (QED) is 0.730. The SMILES string of the molecule is COc1ccc(-c2sc(-c3cccc(N)c3)nc2C)cc1. The van der Waals surface area contributed by atoms with Gasteiger partial charge >= 0.3 is 0 Å². The van der Waals surface area contributed by atoms with Gasteiger partial charge in [0, 0.05) is 11.3 Å². The molecule has 0 fully saturated rings. The highest BCUT2D eigenvalue weighted by Crippen LogP contribution is 2.36. The molecule has 4 heteroatoms. The molecule has 3 aromatic rings. The van der Waals surface area contributed by atoms with Crippen LogP contribution in [0.1, 0.15) is 5.69 Å². The topological polar surface area (TPSA) is 48.1 Å². The van der Waals surface area contributed by atoms with E-state index in [-0.39, 0.29) is 0 Å². The Labute approximate surface area is 128 Å². The molecule has 0 aliphatic carbocycles. The first-order valence-corrected chi connectivity index (χ1v) is 7.47. The molecule has 3 nitrogen and oxygen atoms in total. The Morgan fingerprint density at radius 3 is 2.48 bits per heavy atom. The van der Waals surface area contributed by atoms with Crippen LogP contribution >= 0.6 is 11.3 Å². The van der Waals surface area contributed by atoms with Crippen LogP contribution in [0, 0.1) is 6.92 Å². The zero-order valence-corrected chi connectivity index (χ0v) is 12.8. The number of hydrogen-bond acceptors (Lipinski definition) is 4. The van der Waals surface area contributed by atoms with E-state index in [9.17, 15) is 0 Å². The molecule has 0 aliphatic rings. The van der Waals surface area contributed by atoms with Crippen LogP contribution < -0.4 is 10.5 Å². The molecule has 1 aromatic heterocycles. The van der Waals surface area contributed by atoms with Crippen molar-refractivity contribution < 1.29 is 4.74 Å². The number of nitrogens with two attached hydrogens (primary N) is 1. The van der Waals surface area contributed by atoms with E-state index in [2.05, 4.69) is 17.1 Å². The van der Waals surface area contributed by atoms with Crippen molar-refractivity contribution >= 4 is 17.0 Å². The molecule has 1 heterocycles. The van der Waals surface area contributed by atoms with E-state index in [0.717, 1.165) is 33.3 Å². The third-order valence-corrected chi connectivity index (χ3v) is 4.54. The third-order valence-electron chi connectivity index (χ3n) is 3.28. The zero-order chi connectivity index (χ0) is 14.8. The standard InChI is InChI=1S/C17H16N2OS/c1-11-16(12-6-8-15(20-2)9-7-12)21-17(19-11)13-4-3-5-14(18)10-13/h3-10H,18H2,1-2H3. The number of nitrogen functional groups attached to an aromatic ring is 1.